The summed E-state index contributed by atoms with van der Waals surface area (Å²) >= 11 is 5.98. The lowest BCUT2D eigenvalue weighted by atomic mass is 10.1. The number of halogens is 1. The first kappa shape index (κ1) is 21.9. The lowest BCUT2D eigenvalue weighted by molar-refractivity contribution is 0.0705. The molecule has 32 heavy (non-hydrogen) atoms. The van der Waals surface area contributed by atoms with Gasteiger partial charge in [-0.2, -0.15) is 0 Å². The van der Waals surface area contributed by atoms with Crippen molar-refractivity contribution in [2.24, 2.45) is 0 Å². The van der Waals surface area contributed by atoms with Crippen molar-refractivity contribution in [3.63, 3.8) is 0 Å². The molecule has 4 rings (SSSR count). The quantitative estimate of drug-likeness (QED) is 0.344. The second kappa shape index (κ2) is 9.46. The highest BCUT2D eigenvalue weighted by atomic mass is 35.5. The van der Waals surface area contributed by atoms with E-state index in [0.29, 0.717) is 22.9 Å². The number of benzene rings is 2. The first-order valence-corrected chi connectivity index (χ1v) is 10.5. The zero-order valence-electron chi connectivity index (χ0n) is 18.0. The first-order valence-electron chi connectivity index (χ1n) is 10.1. The number of methoxy groups -OCH3 is 1. The number of carbonyl (C=O) groups is 1. The molecule has 166 valence electrons. The number of nitrogens with zero attached hydrogens (tertiary/aromatic N) is 1. The Labute approximate surface area is 190 Å². The van der Waals surface area contributed by atoms with Gasteiger partial charge >= 0.3 is 6.16 Å². The second-order valence-corrected chi connectivity index (χ2v) is 7.94. The highest BCUT2D eigenvalue weighted by Crippen LogP contribution is 2.38. The van der Waals surface area contributed by atoms with Crippen LogP contribution >= 0.6 is 11.6 Å². The molecule has 2 aromatic heterocycles. The summed E-state index contributed by atoms with van der Waals surface area (Å²) < 4.78 is 22.1. The average Bonchev–Trinajstić information content (AvgIpc) is 3.14. The number of nitrogens with one attached hydrogen (secondary N) is 1. The fraction of sp³-hybridized carbons (Fsp3) is 0.250. The molecule has 8 heteroatoms. The van der Waals surface area contributed by atoms with Gasteiger partial charge in [0.2, 0.25) is 5.88 Å². The SMILES string of the molecule is COCc1c(OC(=O)OC(C)C)ncc2[nH]c3cccc(OCc4ccc(Cl)cc4)c3c12. The van der Waals surface area contributed by atoms with E-state index in [0.717, 1.165) is 27.4 Å². The fourth-order valence-corrected chi connectivity index (χ4v) is 3.60. The Kier molecular flexibility index (Phi) is 6.48. The van der Waals surface area contributed by atoms with E-state index in [1.165, 1.54) is 0 Å². The van der Waals surface area contributed by atoms with Crippen LogP contribution in [0.2, 0.25) is 5.02 Å². The van der Waals surface area contributed by atoms with Gasteiger partial charge in [-0.25, -0.2) is 9.78 Å². The molecule has 0 aliphatic heterocycles. The molecule has 1 N–H and O–H groups in total. The summed E-state index contributed by atoms with van der Waals surface area (Å²) in [6.45, 7) is 4.06. The van der Waals surface area contributed by atoms with E-state index in [2.05, 4.69) is 9.97 Å². The Balaban J connectivity index is 1.77. The molecule has 4 aromatic rings. The maximum Gasteiger partial charge on any atom is 0.515 e. The topological polar surface area (TPSA) is 82.7 Å². The first-order chi connectivity index (χ1) is 15.5. The summed E-state index contributed by atoms with van der Waals surface area (Å²) in [5.74, 6) is 0.821. The Bertz CT molecular complexity index is 1250. The van der Waals surface area contributed by atoms with Gasteiger partial charge in [0, 0.05) is 22.9 Å². The molecule has 0 aliphatic rings. The van der Waals surface area contributed by atoms with Gasteiger partial charge in [0.05, 0.1) is 35.5 Å². The standard InChI is InChI=1S/C24H23ClN2O5/c1-14(2)31-24(28)32-23-17(13-29-3)21-19(11-26-23)27-18-5-4-6-20(22(18)21)30-12-15-7-9-16(25)10-8-15/h4-11,14,27H,12-13H2,1-3H3. The summed E-state index contributed by atoms with van der Waals surface area (Å²) in [5, 5.41) is 2.34. The van der Waals surface area contributed by atoms with E-state index in [1.54, 1.807) is 27.2 Å². The van der Waals surface area contributed by atoms with Crippen LogP contribution in [0.3, 0.4) is 0 Å². The zero-order chi connectivity index (χ0) is 22.7. The number of pyridine rings is 1. The van der Waals surface area contributed by atoms with Crippen LogP contribution in [-0.2, 0) is 22.7 Å². The predicted molar refractivity (Wildman–Crippen MR) is 122 cm³/mol. The van der Waals surface area contributed by atoms with Gasteiger partial charge in [0.1, 0.15) is 12.4 Å². The van der Waals surface area contributed by atoms with E-state index in [9.17, 15) is 4.79 Å². The number of hydrogen-bond donors (Lipinski definition) is 1. The van der Waals surface area contributed by atoms with Crippen molar-refractivity contribution in [2.75, 3.05) is 7.11 Å². The number of H-pyrrole nitrogens is 1. The van der Waals surface area contributed by atoms with E-state index in [1.807, 2.05) is 42.5 Å². The van der Waals surface area contributed by atoms with E-state index in [-0.39, 0.29) is 18.6 Å². The van der Waals surface area contributed by atoms with Crippen LogP contribution in [0, 0.1) is 0 Å². The molecule has 0 bridgehead atoms. The van der Waals surface area contributed by atoms with E-state index in [4.69, 9.17) is 30.5 Å². The molecular formula is C24H23ClN2O5. The van der Waals surface area contributed by atoms with Gasteiger partial charge in [-0.15, -0.1) is 0 Å². The number of rotatable bonds is 7. The van der Waals surface area contributed by atoms with Crippen molar-refractivity contribution in [1.82, 2.24) is 9.97 Å². The Morgan fingerprint density at radius 1 is 1.06 bits per heavy atom. The molecule has 0 saturated carbocycles. The van der Waals surface area contributed by atoms with Gasteiger partial charge in [-0.05, 0) is 43.7 Å². The van der Waals surface area contributed by atoms with Gasteiger partial charge in [-0.1, -0.05) is 29.8 Å². The lowest BCUT2D eigenvalue weighted by Gasteiger charge is -2.13. The smallest absolute Gasteiger partial charge is 0.488 e. The van der Waals surface area contributed by atoms with Crippen LogP contribution in [0.5, 0.6) is 11.6 Å². The summed E-state index contributed by atoms with van der Waals surface area (Å²) in [4.78, 5) is 19.8. The summed E-state index contributed by atoms with van der Waals surface area (Å²) in [6, 6.07) is 13.3. The normalized spacial score (nSPS) is 11.3. The van der Waals surface area contributed by atoms with Crippen molar-refractivity contribution < 1.29 is 23.7 Å². The van der Waals surface area contributed by atoms with Crippen molar-refractivity contribution in [3.8, 4) is 11.6 Å². The van der Waals surface area contributed by atoms with E-state index >= 15 is 0 Å². The molecule has 0 fully saturated rings. The molecule has 0 spiro atoms. The summed E-state index contributed by atoms with van der Waals surface area (Å²) in [7, 11) is 1.57. The largest absolute Gasteiger partial charge is 0.515 e. The highest BCUT2D eigenvalue weighted by molar-refractivity contribution is 6.30. The zero-order valence-corrected chi connectivity index (χ0v) is 18.7. The molecule has 0 unspecified atom stereocenters. The minimum absolute atomic E-state index is 0.137. The number of carbonyl (C=O) groups excluding carboxylic acids is 1. The minimum Gasteiger partial charge on any atom is -0.488 e. The molecule has 0 aliphatic carbocycles. The molecule has 0 amide bonds. The minimum atomic E-state index is -0.816. The van der Waals surface area contributed by atoms with Gasteiger partial charge in [0.25, 0.3) is 0 Å². The Morgan fingerprint density at radius 3 is 2.56 bits per heavy atom. The maximum atomic E-state index is 12.1. The van der Waals surface area contributed by atoms with Crippen molar-refractivity contribution in [2.45, 2.75) is 33.2 Å². The summed E-state index contributed by atoms with van der Waals surface area (Å²) in [6.07, 6.45) is 0.497. The molecule has 0 saturated heterocycles. The van der Waals surface area contributed by atoms with Crippen LogP contribution in [0.1, 0.15) is 25.0 Å². The molecule has 2 heterocycles. The second-order valence-electron chi connectivity index (χ2n) is 7.50. The van der Waals surface area contributed by atoms with Crippen molar-refractivity contribution in [1.29, 1.82) is 0 Å². The van der Waals surface area contributed by atoms with Crippen LogP contribution in [-0.4, -0.2) is 29.3 Å². The van der Waals surface area contributed by atoms with Crippen LogP contribution in [0.25, 0.3) is 21.8 Å². The molecule has 0 radical (unpaired) electrons. The number of ether oxygens (including phenoxy) is 4. The predicted octanol–water partition coefficient (Wildman–Crippen LogP) is 6.02. The van der Waals surface area contributed by atoms with Crippen LogP contribution < -0.4 is 9.47 Å². The van der Waals surface area contributed by atoms with Crippen molar-refractivity contribution >= 4 is 39.6 Å². The Morgan fingerprint density at radius 2 is 1.84 bits per heavy atom. The number of aromatic nitrogens is 2. The molecule has 0 atom stereocenters. The monoisotopic (exact) mass is 454 g/mol. The lowest BCUT2D eigenvalue weighted by Crippen LogP contribution is -2.17. The highest BCUT2D eigenvalue weighted by Gasteiger charge is 2.21. The third-order valence-electron chi connectivity index (χ3n) is 4.79. The molecule has 2 aromatic carbocycles. The third kappa shape index (κ3) is 4.64. The van der Waals surface area contributed by atoms with Gasteiger partial charge in [0.15, 0.2) is 0 Å². The number of fused-ring (bicyclic) bond motifs is 3. The fourth-order valence-electron chi connectivity index (χ4n) is 3.48. The Hall–Kier alpha value is -3.29. The number of hydrogen-bond acceptors (Lipinski definition) is 6. The van der Waals surface area contributed by atoms with Crippen molar-refractivity contribution in [3.05, 3.63) is 64.8 Å². The van der Waals surface area contributed by atoms with Crippen LogP contribution in [0.4, 0.5) is 4.79 Å². The van der Waals surface area contributed by atoms with Gasteiger partial charge < -0.3 is 23.9 Å². The molecular weight excluding hydrogens is 432 g/mol. The molecule has 7 nitrogen and oxygen atoms in total. The van der Waals surface area contributed by atoms with E-state index < -0.39 is 6.16 Å². The third-order valence-corrected chi connectivity index (χ3v) is 5.05. The number of aromatic amines is 1. The summed E-state index contributed by atoms with van der Waals surface area (Å²) in [5.41, 5.74) is 3.26. The van der Waals surface area contributed by atoms with Gasteiger partial charge in [-0.3, -0.25) is 0 Å². The average molecular weight is 455 g/mol. The van der Waals surface area contributed by atoms with Crippen LogP contribution in [0.15, 0.2) is 48.7 Å². The maximum absolute atomic E-state index is 12.1.